The van der Waals surface area contributed by atoms with E-state index in [0.29, 0.717) is 6.42 Å². The van der Waals surface area contributed by atoms with E-state index in [1.54, 1.807) is 12.3 Å². The summed E-state index contributed by atoms with van der Waals surface area (Å²) in [7, 11) is 1.94. The van der Waals surface area contributed by atoms with Crippen LogP contribution in [-0.4, -0.2) is 22.4 Å². The molecule has 0 amide bonds. The zero-order valence-corrected chi connectivity index (χ0v) is 15.8. The molecule has 0 aliphatic heterocycles. The summed E-state index contributed by atoms with van der Waals surface area (Å²) >= 11 is 0. The maximum Gasteiger partial charge on any atom is 0.159 e. The first kappa shape index (κ1) is 19.2. The van der Waals surface area contributed by atoms with Crippen molar-refractivity contribution in [3.8, 4) is 11.3 Å². The van der Waals surface area contributed by atoms with Gasteiger partial charge in [-0.2, -0.15) is 5.10 Å². The van der Waals surface area contributed by atoms with Crippen LogP contribution in [0.1, 0.15) is 24.5 Å². The van der Waals surface area contributed by atoms with Gasteiger partial charge in [0.1, 0.15) is 0 Å². The summed E-state index contributed by atoms with van der Waals surface area (Å²) in [5, 5.41) is 7.68. The van der Waals surface area contributed by atoms with Gasteiger partial charge in [-0.15, -0.1) is 0 Å². The highest BCUT2D eigenvalue weighted by Crippen LogP contribution is 2.20. The Morgan fingerprint density at radius 2 is 1.89 bits per heavy atom. The molecular weight excluding hydrogens is 344 g/mol. The van der Waals surface area contributed by atoms with Crippen LogP contribution in [-0.2, 0) is 19.9 Å². The van der Waals surface area contributed by atoms with E-state index in [0.717, 1.165) is 30.6 Å². The molecule has 2 aromatic carbocycles. The second-order valence-corrected chi connectivity index (χ2v) is 6.95. The van der Waals surface area contributed by atoms with Crippen LogP contribution >= 0.6 is 0 Å². The quantitative estimate of drug-likeness (QED) is 0.592. The molecule has 1 atom stereocenters. The predicted molar refractivity (Wildman–Crippen MR) is 104 cm³/mol. The molecule has 0 spiro atoms. The number of hydrogen-bond donors (Lipinski definition) is 1. The maximum atomic E-state index is 13.3. The van der Waals surface area contributed by atoms with Crippen molar-refractivity contribution in [2.45, 2.75) is 32.2 Å². The highest BCUT2D eigenvalue weighted by Gasteiger charge is 2.07. The molecule has 27 heavy (non-hydrogen) atoms. The molecule has 0 saturated carbocycles. The minimum atomic E-state index is -0.798. The first-order chi connectivity index (χ1) is 13.0. The summed E-state index contributed by atoms with van der Waals surface area (Å²) in [6, 6.07) is 14.9. The molecule has 1 heterocycles. The standard InChI is InChI=1S/C22H25F2N3/c1-16(13-18-8-9-20(23)21(24)15-18)25-11-4-6-17-5-3-7-19(14-17)22-10-12-26-27(22)2/h3,5,7-10,12,14-16,25H,4,6,11,13H2,1-2H3. The molecule has 142 valence electrons. The Balaban J connectivity index is 1.46. The van der Waals surface area contributed by atoms with Crippen molar-refractivity contribution >= 4 is 0 Å². The zero-order chi connectivity index (χ0) is 19.2. The molecule has 1 unspecified atom stereocenters. The molecule has 1 aromatic heterocycles. The molecule has 0 aliphatic carbocycles. The van der Waals surface area contributed by atoms with Crippen LogP contribution in [0.25, 0.3) is 11.3 Å². The topological polar surface area (TPSA) is 29.9 Å². The highest BCUT2D eigenvalue weighted by atomic mass is 19.2. The van der Waals surface area contributed by atoms with Gasteiger partial charge in [0.15, 0.2) is 11.6 Å². The van der Waals surface area contributed by atoms with E-state index < -0.39 is 11.6 Å². The summed E-state index contributed by atoms with van der Waals surface area (Å²) in [5.41, 5.74) is 4.38. The molecule has 3 nitrogen and oxygen atoms in total. The molecule has 0 bridgehead atoms. The van der Waals surface area contributed by atoms with Crippen LogP contribution in [0, 0.1) is 11.6 Å². The first-order valence-electron chi connectivity index (χ1n) is 9.27. The molecule has 1 N–H and O–H groups in total. The number of rotatable bonds is 8. The Kier molecular flexibility index (Phi) is 6.35. The lowest BCUT2D eigenvalue weighted by atomic mass is 10.0. The van der Waals surface area contributed by atoms with Crippen LogP contribution in [0.3, 0.4) is 0 Å². The van der Waals surface area contributed by atoms with Crippen LogP contribution in [0.4, 0.5) is 8.78 Å². The van der Waals surface area contributed by atoms with Gasteiger partial charge in [0.05, 0.1) is 5.69 Å². The Morgan fingerprint density at radius 3 is 2.63 bits per heavy atom. The van der Waals surface area contributed by atoms with Crippen molar-refractivity contribution in [3.63, 3.8) is 0 Å². The molecule has 3 aromatic rings. The number of benzene rings is 2. The van der Waals surface area contributed by atoms with E-state index in [1.165, 1.54) is 23.3 Å². The number of hydrogen-bond acceptors (Lipinski definition) is 2. The monoisotopic (exact) mass is 369 g/mol. The molecule has 3 rings (SSSR count). The SMILES string of the molecule is CC(Cc1ccc(F)c(F)c1)NCCCc1cccc(-c2ccnn2C)c1. The smallest absolute Gasteiger partial charge is 0.159 e. The molecule has 5 heteroatoms. The fourth-order valence-corrected chi connectivity index (χ4v) is 3.28. The van der Waals surface area contributed by atoms with Crippen molar-refractivity contribution in [2.75, 3.05) is 6.54 Å². The number of aryl methyl sites for hydroxylation is 2. The summed E-state index contributed by atoms with van der Waals surface area (Å²) in [6.07, 6.45) is 4.47. The van der Waals surface area contributed by atoms with Crippen LogP contribution in [0.2, 0.25) is 0 Å². The van der Waals surface area contributed by atoms with Gasteiger partial charge < -0.3 is 5.32 Å². The Labute approximate surface area is 159 Å². The van der Waals surface area contributed by atoms with Gasteiger partial charge in [-0.3, -0.25) is 4.68 Å². The van der Waals surface area contributed by atoms with E-state index >= 15 is 0 Å². The van der Waals surface area contributed by atoms with Gasteiger partial charge in [0.2, 0.25) is 0 Å². The number of aromatic nitrogens is 2. The van der Waals surface area contributed by atoms with Gasteiger partial charge in [0.25, 0.3) is 0 Å². The fourth-order valence-electron chi connectivity index (χ4n) is 3.28. The number of nitrogens with one attached hydrogen (secondary N) is 1. The predicted octanol–water partition coefficient (Wildman–Crippen LogP) is 4.52. The average Bonchev–Trinajstić information content (AvgIpc) is 3.08. The summed E-state index contributed by atoms with van der Waals surface area (Å²) < 4.78 is 28.1. The Hall–Kier alpha value is -2.53. The first-order valence-corrected chi connectivity index (χ1v) is 9.27. The lowest BCUT2D eigenvalue weighted by molar-refractivity contribution is 0.501. The molecule has 0 aliphatic rings. The summed E-state index contributed by atoms with van der Waals surface area (Å²) in [5.74, 6) is -1.58. The van der Waals surface area contributed by atoms with E-state index in [9.17, 15) is 8.78 Å². The van der Waals surface area contributed by atoms with E-state index in [1.807, 2.05) is 17.8 Å². The van der Waals surface area contributed by atoms with Crippen molar-refractivity contribution in [2.24, 2.45) is 7.05 Å². The third-order valence-corrected chi connectivity index (χ3v) is 4.70. The second-order valence-electron chi connectivity index (χ2n) is 6.95. The minimum Gasteiger partial charge on any atom is -0.314 e. The van der Waals surface area contributed by atoms with E-state index in [4.69, 9.17) is 0 Å². The maximum absolute atomic E-state index is 13.3. The lowest BCUT2D eigenvalue weighted by Crippen LogP contribution is -2.29. The lowest BCUT2D eigenvalue weighted by Gasteiger charge is -2.14. The average molecular weight is 369 g/mol. The van der Waals surface area contributed by atoms with Crippen molar-refractivity contribution in [3.05, 3.63) is 77.5 Å². The Morgan fingerprint density at radius 1 is 1.04 bits per heavy atom. The van der Waals surface area contributed by atoms with Crippen LogP contribution in [0.15, 0.2) is 54.7 Å². The number of nitrogens with zero attached hydrogens (tertiary/aromatic N) is 2. The van der Waals surface area contributed by atoms with Crippen LogP contribution in [0.5, 0.6) is 0 Å². The third kappa shape index (κ3) is 5.23. The fraction of sp³-hybridized carbons (Fsp3) is 0.318. The highest BCUT2D eigenvalue weighted by molar-refractivity contribution is 5.60. The van der Waals surface area contributed by atoms with Gasteiger partial charge in [-0.25, -0.2) is 8.78 Å². The van der Waals surface area contributed by atoms with Gasteiger partial charge >= 0.3 is 0 Å². The molecule has 0 fully saturated rings. The van der Waals surface area contributed by atoms with Gasteiger partial charge in [0, 0.05) is 24.8 Å². The minimum absolute atomic E-state index is 0.204. The van der Waals surface area contributed by atoms with E-state index in [-0.39, 0.29) is 6.04 Å². The number of halogens is 2. The van der Waals surface area contributed by atoms with Gasteiger partial charge in [-0.05, 0) is 68.1 Å². The molecule has 0 radical (unpaired) electrons. The van der Waals surface area contributed by atoms with Crippen LogP contribution < -0.4 is 5.32 Å². The van der Waals surface area contributed by atoms with Crippen molar-refractivity contribution < 1.29 is 8.78 Å². The summed E-state index contributed by atoms with van der Waals surface area (Å²) in [6.45, 7) is 2.94. The molecule has 0 saturated heterocycles. The zero-order valence-electron chi connectivity index (χ0n) is 15.8. The molecular formula is C22H25F2N3. The van der Waals surface area contributed by atoms with Gasteiger partial charge in [-0.1, -0.05) is 24.3 Å². The third-order valence-electron chi connectivity index (χ3n) is 4.70. The second kappa shape index (κ2) is 8.91. The van der Waals surface area contributed by atoms with E-state index in [2.05, 4.69) is 41.6 Å². The van der Waals surface area contributed by atoms with Crippen molar-refractivity contribution in [1.82, 2.24) is 15.1 Å². The Bertz CT molecular complexity index is 889. The summed E-state index contributed by atoms with van der Waals surface area (Å²) in [4.78, 5) is 0. The van der Waals surface area contributed by atoms with Crippen molar-refractivity contribution in [1.29, 1.82) is 0 Å². The largest absolute Gasteiger partial charge is 0.314 e. The normalized spacial score (nSPS) is 12.3.